The van der Waals surface area contributed by atoms with Gasteiger partial charge in [0.25, 0.3) is 0 Å². The molecule has 112 valence electrons. The van der Waals surface area contributed by atoms with Gasteiger partial charge in [-0.2, -0.15) is 0 Å². The van der Waals surface area contributed by atoms with Gasteiger partial charge in [0.1, 0.15) is 5.75 Å². The van der Waals surface area contributed by atoms with Gasteiger partial charge in [0.05, 0.1) is 6.61 Å². The molecule has 2 nitrogen and oxygen atoms in total. The molecule has 0 aromatic heterocycles. The maximum absolute atomic E-state index is 5.66. The molecule has 2 heteroatoms. The maximum Gasteiger partial charge on any atom is 0.119 e. The van der Waals surface area contributed by atoms with Crippen molar-refractivity contribution in [3.63, 3.8) is 0 Å². The third-order valence-corrected chi connectivity index (χ3v) is 3.45. The predicted molar refractivity (Wildman–Crippen MR) is 88.7 cm³/mol. The zero-order chi connectivity index (χ0) is 14.8. The van der Waals surface area contributed by atoms with Crippen LogP contribution in [0.4, 0.5) is 0 Å². The number of hydrogen-bond donors (Lipinski definition) is 1. The van der Waals surface area contributed by atoms with Crippen molar-refractivity contribution >= 4 is 0 Å². The summed E-state index contributed by atoms with van der Waals surface area (Å²) in [5.74, 6) is 0.969. The summed E-state index contributed by atoms with van der Waals surface area (Å²) in [4.78, 5) is 0. The van der Waals surface area contributed by atoms with E-state index in [-0.39, 0.29) is 0 Å². The molecule has 0 fully saturated rings. The van der Waals surface area contributed by atoms with Crippen LogP contribution < -0.4 is 10.1 Å². The molecule has 2 aromatic rings. The van der Waals surface area contributed by atoms with Gasteiger partial charge in [-0.15, -0.1) is 0 Å². The number of rotatable bonds is 9. The van der Waals surface area contributed by atoms with Crippen LogP contribution in [0.5, 0.6) is 5.75 Å². The first-order valence-corrected chi connectivity index (χ1v) is 7.85. The maximum atomic E-state index is 5.66. The van der Waals surface area contributed by atoms with Gasteiger partial charge in [-0.1, -0.05) is 55.8 Å². The van der Waals surface area contributed by atoms with Gasteiger partial charge in [0.15, 0.2) is 0 Å². The highest BCUT2D eigenvalue weighted by molar-refractivity contribution is 5.27. The van der Waals surface area contributed by atoms with Crippen molar-refractivity contribution in [3.05, 3.63) is 65.7 Å². The fourth-order valence-electron chi connectivity index (χ4n) is 2.15. The van der Waals surface area contributed by atoms with Crippen LogP contribution in [0.1, 0.15) is 30.9 Å². The van der Waals surface area contributed by atoms with E-state index in [1.807, 2.05) is 0 Å². The monoisotopic (exact) mass is 283 g/mol. The van der Waals surface area contributed by atoms with E-state index in [9.17, 15) is 0 Å². The van der Waals surface area contributed by atoms with Gasteiger partial charge in [-0.05, 0) is 42.6 Å². The van der Waals surface area contributed by atoms with Gasteiger partial charge < -0.3 is 10.1 Å². The summed E-state index contributed by atoms with van der Waals surface area (Å²) in [6.07, 6.45) is 3.35. The van der Waals surface area contributed by atoms with Crippen LogP contribution in [0.3, 0.4) is 0 Å². The number of nitrogens with one attached hydrogen (secondary N) is 1. The second-order valence-electron chi connectivity index (χ2n) is 5.26. The first kappa shape index (κ1) is 15.6. The normalized spacial score (nSPS) is 10.5. The van der Waals surface area contributed by atoms with Crippen LogP contribution in [-0.4, -0.2) is 13.2 Å². The fourth-order valence-corrected chi connectivity index (χ4v) is 2.15. The molecule has 0 saturated carbocycles. The molecule has 0 aliphatic heterocycles. The van der Waals surface area contributed by atoms with Gasteiger partial charge in [0.2, 0.25) is 0 Å². The zero-order valence-corrected chi connectivity index (χ0v) is 12.8. The molecule has 0 radical (unpaired) electrons. The molecule has 2 rings (SSSR count). The molecule has 0 aliphatic rings. The molecule has 0 amide bonds. The molecule has 0 atom stereocenters. The Kier molecular flexibility index (Phi) is 6.82. The lowest BCUT2D eigenvalue weighted by atomic mass is 10.1. The van der Waals surface area contributed by atoms with Crippen LogP contribution in [-0.2, 0) is 13.0 Å². The molecule has 0 saturated heterocycles. The van der Waals surface area contributed by atoms with E-state index in [4.69, 9.17) is 4.74 Å². The molecule has 2 aromatic carbocycles. The molecule has 0 heterocycles. The highest BCUT2D eigenvalue weighted by Gasteiger charge is 1.96. The average Bonchev–Trinajstić information content (AvgIpc) is 2.54. The predicted octanol–water partition coefficient (Wildman–Crippen LogP) is 4.20. The Morgan fingerprint density at radius 3 is 2.38 bits per heavy atom. The Hall–Kier alpha value is -1.80. The van der Waals surface area contributed by atoms with E-state index in [0.717, 1.165) is 38.3 Å². The Bertz CT molecular complexity index is 493. The summed E-state index contributed by atoms with van der Waals surface area (Å²) in [6, 6.07) is 19.0. The second-order valence-corrected chi connectivity index (χ2v) is 5.26. The Morgan fingerprint density at radius 2 is 1.67 bits per heavy atom. The van der Waals surface area contributed by atoms with Crippen LogP contribution in [0.2, 0.25) is 0 Å². The molecular weight excluding hydrogens is 258 g/mol. The van der Waals surface area contributed by atoms with Crippen molar-refractivity contribution in [2.75, 3.05) is 13.2 Å². The molecule has 0 spiro atoms. The third-order valence-electron chi connectivity index (χ3n) is 3.45. The molecule has 21 heavy (non-hydrogen) atoms. The Labute approximate surface area is 128 Å². The van der Waals surface area contributed by atoms with Crippen LogP contribution in [0.25, 0.3) is 0 Å². The van der Waals surface area contributed by atoms with E-state index in [0.29, 0.717) is 0 Å². The topological polar surface area (TPSA) is 21.3 Å². The smallest absolute Gasteiger partial charge is 0.119 e. The number of unbranched alkanes of at least 4 members (excludes halogenated alkanes) is 1. The minimum atomic E-state index is 0.811. The average molecular weight is 283 g/mol. The third kappa shape index (κ3) is 6.01. The first-order valence-electron chi connectivity index (χ1n) is 7.85. The standard InChI is InChI=1S/C19H25NO/c1-2-3-15-21-19-11-9-18(10-12-19)16-20-14-13-17-7-5-4-6-8-17/h4-12,20H,2-3,13-16H2,1H3. The lowest BCUT2D eigenvalue weighted by Crippen LogP contribution is -2.16. The fraction of sp³-hybridized carbons (Fsp3) is 0.368. The zero-order valence-electron chi connectivity index (χ0n) is 12.8. The van der Waals surface area contributed by atoms with Crippen molar-refractivity contribution < 1.29 is 4.74 Å². The molecule has 0 aliphatic carbocycles. The lowest BCUT2D eigenvalue weighted by Gasteiger charge is -2.08. The van der Waals surface area contributed by atoms with Gasteiger partial charge in [0, 0.05) is 6.54 Å². The Balaban J connectivity index is 1.66. The molecule has 0 bridgehead atoms. The lowest BCUT2D eigenvalue weighted by molar-refractivity contribution is 0.309. The summed E-state index contributed by atoms with van der Waals surface area (Å²) in [5, 5.41) is 3.48. The van der Waals surface area contributed by atoms with Crippen molar-refractivity contribution in [3.8, 4) is 5.75 Å². The van der Waals surface area contributed by atoms with Crippen molar-refractivity contribution in [2.24, 2.45) is 0 Å². The SMILES string of the molecule is CCCCOc1ccc(CNCCc2ccccc2)cc1. The summed E-state index contributed by atoms with van der Waals surface area (Å²) in [6.45, 7) is 4.89. The van der Waals surface area contributed by atoms with E-state index in [1.165, 1.54) is 17.5 Å². The highest BCUT2D eigenvalue weighted by Crippen LogP contribution is 2.12. The van der Waals surface area contributed by atoms with Crippen molar-refractivity contribution in [1.82, 2.24) is 5.32 Å². The summed E-state index contributed by atoms with van der Waals surface area (Å²) in [7, 11) is 0. The van der Waals surface area contributed by atoms with Crippen LogP contribution in [0, 0.1) is 0 Å². The number of ether oxygens (including phenoxy) is 1. The van der Waals surface area contributed by atoms with E-state index in [1.54, 1.807) is 0 Å². The van der Waals surface area contributed by atoms with Gasteiger partial charge in [-0.3, -0.25) is 0 Å². The largest absolute Gasteiger partial charge is 0.494 e. The Morgan fingerprint density at radius 1 is 0.905 bits per heavy atom. The molecule has 0 unspecified atom stereocenters. The minimum absolute atomic E-state index is 0.811. The second kappa shape index (κ2) is 9.19. The summed E-state index contributed by atoms with van der Waals surface area (Å²) < 4.78 is 5.66. The number of hydrogen-bond acceptors (Lipinski definition) is 2. The first-order chi connectivity index (χ1) is 10.4. The summed E-state index contributed by atoms with van der Waals surface area (Å²) in [5.41, 5.74) is 2.68. The summed E-state index contributed by atoms with van der Waals surface area (Å²) >= 11 is 0. The van der Waals surface area contributed by atoms with Gasteiger partial charge >= 0.3 is 0 Å². The van der Waals surface area contributed by atoms with E-state index >= 15 is 0 Å². The molecule has 1 N–H and O–H groups in total. The van der Waals surface area contributed by atoms with Crippen LogP contribution >= 0.6 is 0 Å². The minimum Gasteiger partial charge on any atom is -0.494 e. The highest BCUT2D eigenvalue weighted by atomic mass is 16.5. The van der Waals surface area contributed by atoms with E-state index < -0.39 is 0 Å². The van der Waals surface area contributed by atoms with Crippen molar-refractivity contribution in [1.29, 1.82) is 0 Å². The number of benzene rings is 2. The van der Waals surface area contributed by atoms with Crippen molar-refractivity contribution in [2.45, 2.75) is 32.7 Å². The van der Waals surface area contributed by atoms with Crippen LogP contribution in [0.15, 0.2) is 54.6 Å². The van der Waals surface area contributed by atoms with E-state index in [2.05, 4.69) is 66.8 Å². The quantitative estimate of drug-likeness (QED) is 0.696. The molecular formula is C19H25NO. The van der Waals surface area contributed by atoms with Gasteiger partial charge in [-0.25, -0.2) is 0 Å².